The number of carbonyl (C=O) groups is 1. The van der Waals surface area contributed by atoms with E-state index < -0.39 is 15.9 Å². The first-order valence-corrected chi connectivity index (χ1v) is 11.8. The Morgan fingerprint density at radius 2 is 1.94 bits per heavy atom. The molecule has 0 bridgehead atoms. The molecular formula is C24H26N2O6S. The summed E-state index contributed by atoms with van der Waals surface area (Å²) in [6.45, 7) is 2.63. The van der Waals surface area contributed by atoms with Gasteiger partial charge in [-0.05, 0) is 60.5 Å². The zero-order valence-electron chi connectivity index (χ0n) is 18.4. The molecule has 0 aliphatic carbocycles. The Morgan fingerprint density at radius 1 is 1.09 bits per heavy atom. The highest BCUT2D eigenvalue weighted by atomic mass is 32.2. The van der Waals surface area contributed by atoms with Gasteiger partial charge in [-0.25, -0.2) is 13.1 Å². The van der Waals surface area contributed by atoms with E-state index in [9.17, 15) is 13.2 Å². The smallest absolute Gasteiger partial charge is 0.248 e. The second-order valence-corrected chi connectivity index (χ2v) is 8.78. The number of furan rings is 1. The predicted octanol–water partition coefficient (Wildman–Crippen LogP) is 4.21. The monoisotopic (exact) mass is 470 g/mol. The maximum Gasteiger partial charge on any atom is 0.248 e. The van der Waals surface area contributed by atoms with Crippen LogP contribution in [0, 0.1) is 0 Å². The minimum atomic E-state index is -3.77. The average Bonchev–Trinajstić information content (AvgIpc) is 3.34. The summed E-state index contributed by atoms with van der Waals surface area (Å²) in [6, 6.07) is 14.7. The van der Waals surface area contributed by atoms with Crippen molar-refractivity contribution in [2.24, 2.45) is 0 Å². The lowest BCUT2D eigenvalue weighted by Crippen LogP contribution is -2.23. The third-order valence-corrected chi connectivity index (χ3v) is 5.90. The highest BCUT2D eigenvalue weighted by molar-refractivity contribution is 7.89. The molecule has 33 heavy (non-hydrogen) atoms. The number of amides is 1. The molecule has 1 aromatic heterocycles. The van der Waals surface area contributed by atoms with Crippen molar-refractivity contribution in [2.45, 2.75) is 24.8 Å². The fraction of sp³-hybridized carbons (Fsp3) is 0.208. The van der Waals surface area contributed by atoms with E-state index in [1.54, 1.807) is 49.6 Å². The van der Waals surface area contributed by atoms with Crippen LogP contribution in [-0.4, -0.2) is 28.0 Å². The van der Waals surface area contributed by atoms with Gasteiger partial charge < -0.3 is 19.2 Å². The van der Waals surface area contributed by atoms with E-state index in [-0.39, 0.29) is 11.4 Å². The molecule has 2 N–H and O–H groups in total. The van der Waals surface area contributed by atoms with Crippen LogP contribution >= 0.6 is 0 Å². The van der Waals surface area contributed by atoms with Gasteiger partial charge in [-0.3, -0.25) is 4.79 Å². The molecule has 0 radical (unpaired) electrons. The van der Waals surface area contributed by atoms with Gasteiger partial charge in [0, 0.05) is 11.8 Å². The second kappa shape index (κ2) is 11.3. The molecule has 0 unspecified atom stereocenters. The number of methoxy groups -OCH3 is 1. The first-order valence-electron chi connectivity index (χ1n) is 10.3. The number of hydrogen-bond acceptors (Lipinski definition) is 6. The molecule has 0 saturated carbocycles. The van der Waals surface area contributed by atoms with Crippen LogP contribution in [0.15, 0.2) is 76.2 Å². The van der Waals surface area contributed by atoms with Gasteiger partial charge >= 0.3 is 0 Å². The summed E-state index contributed by atoms with van der Waals surface area (Å²) in [5.41, 5.74) is 1.11. The molecule has 0 saturated heterocycles. The summed E-state index contributed by atoms with van der Waals surface area (Å²) in [7, 11) is -2.22. The van der Waals surface area contributed by atoms with Crippen LogP contribution in [-0.2, 0) is 21.4 Å². The quantitative estimate of drug-likeness (QED) is 0.407. The number of carbonyl (C=O) groups excluding carboxylic acids is 1. The van der Waals surface area contributed by atoms with Gasteiger partial charge in [-0.15, -0.1) is 0 Å². The SMILES string of the molecule is CCCOc1ccc(/C=C/C(=O)Nc2cccc(S(=O)(=O)NCc3ccco3)c2)cc1OC. The minimum Gasteiger partial charge on any atom is -0.493 e. The van der Waals surface area contributed by atoms with E-state index in [1.807, 2.05) is 13.0 Å². The molecule has 0 fully saturated rings. The molecule has 0 aliphatic heterocycles. The number of nitrogens with one attached hydrogen (secondary N) is 2. The van der Waals surface area contributed by atoms with Crippen molar-refractivity contribution in [1.82, 2.24) is 4.72 Å². The standard InChI is InChI=1S/C24H26N2O6S/c1-3-13-32-22-11-9-18(15-23(22)30-2)10-12-24(27)26-19-6-4-8-21(16-19)33(28,29)25-17-20-7-5-14-31-20/h4-12,14-16,25H,3,13,17H2,1-2H3,(H,26,27)/b12-10+. The van der Waals surface area contributed by atoms with Crippen molar-refractivity contribution < 1.29 is 27.1 Å². The highest BCUT2D eigenvalue weighted by Crippen LogP contribution is 2.28. The van der Waals surface area contributed by atoms with Crippen LogP contribution in [0.25, 0.3) is 6.08 Å². The van der Waals surface area contributed by atoms with Gasteiger partial charge in [-0.2, -0.15) is 0 Å². The molecule has 3 rings (SSSR count). The largest absolute Gasteiger partial charge is 0.493 e. The van der Waals surface area contributed by atoms with E-state index >= 15 is 0 Å². The molecule has 0 atom stereocenters. The molecule has 1 heterocycles. The molecular weight excluding hydrogens is 444 g/mol. The Bertz CT molecular complexity index is 1200. The van der Waals surface area contributed by atoms with E-state index in [0.29, 0.717) is 29.6 Å². The van der Waals surface area contributed by atoms with Crippen LogP contribution in [0.3, 0.4) is 0 Å². The lowest BCUT2D eigenvalue weighted by molar-refractivity contribution is -0.111. The number of anilines is 1. The Morgan fingerprint density at radius 3 is 2.67 bits per heavy atom. The van der Waals surface area contributed by atoms with Gasteiger partial charge in [0.15, 0.2) is 11.5 Å². The normalized spacial score (nSPS) is 11.5. The summed E-state index contributed by atoms with van der Waals surface area (Å²) < 4.78 is 43.6. The van der Waals surface area contributed by atoms with Crippen molar-refractivity contribution >= 4 is 27.7 Å². The van der Waals surface area contributed by atoms with E-state index in [4.69, 9.17) is 13.9 Å². The highest BCUT2D eigenvalue weighted by Gasteiger charge is 2.15. The maximum atomic E-state index is 12.5. The van der Waals surface area contributed by atoms with Crippen molar-refractivity contribution in [2.75, 3.05) is 19.0 Å². The van der Waals surface area contributed by atoms with Crippen molar-refractivity contribution in [3.63, 3.8) is 0 Å². The van der Waals surface area contributed by atoms with Gasteiger partial charge in [0.1, 0.15) is 5.76 Å². The van der Waals surface area contributed by atoms with Gasteiger partial charge in [0.05, 0.1) is 31.4 Å². The van der Waals surface area contributed by atoms with E-state index in [2.05, 4.69) is 10.0 Å². The van der Waals surface area contributed by atoms with Gasteiger partial charge in [-0.1, -0.05) is 19.1 Å². The summed E-state index contributed by atoms with van der Waals surface area (Å²) in [5.74, 6) is 1.30. The summed E-state index contributed by atoms with van der Waals surface area (Å²) in [4.78, 5) is 12.4. The molecule has 3 aromatic rings. The summed E-state index contributed by atoms with van der Waals surface area (Å²) >= 11 is 0. The number of rotatable bonds is 11. The molecule has 174 valence electrons. The molecule has 0 spiro atoms. The van der Waals surface area contributed by atoms with Crippen molar-refractivity contribution in [1.29, 1.82) is 0 Å². The van der Waals surface area contributed by atoms with Gasteiger partial charge in [0.2, 0.25) is 15.9 Å². The van der Waals surface area contributed by atoms with Crippen LogP contribution in [0.2, 0.25) is 0 Å². The maximum absolute atomic E-state index is 12.5. The fourth-order valence-corrected chi connectivity index (χ4v) is 3.92. The summed E-state index contributed by atoms with van der Waals surface area (Å²) in [5, 5.41) is 2.67. The number of hydrogen-bond donors (Lipinski definition) is 2. The van der Waals surface area contributed by atoms with Crippen LogP contribution in [0.1, 0.15) is 24.7 Å². The Labute approximate surface area is 193 Å². The third-order valence-electron chi connectivity index (χ3n) is 4.50. The Balaban J connectivity index is 1.64. The van der Waals surface area contributed by atoms with Crippen molar-refractivity contribution in [3.05, 3.63) is 78.3 Å². The van der Waals surface area contributed by atoms with E-state index in [0.717, 1.165) is 12.0 Å². The molecule has 9 heteroatoms. The zero-order chi connectivity index (χ0) is 23.7. The average molecular weight is 471 g/mol. The van der Waals surface area contributed by atoms with E-state index in [1.165, 1.54) is 24.5 Å². The fourth-order valence-electron chi connectivity index (χ4n) is 2.88. The van der Waals surface area contributed by atoms with Crippen LogP contribution in [0.4, 0.5) is 5.69 Å². The number of sulfonamides is 1. The van der Waals surface area contributed by atoms with Crippen molar-refractivity contribution in [3.8, 4) is 11.5 Å². The second-order valence-electron chi connectivity index (χ2n) is 7.01. The first-order chi connectivity index (χ1) is 15.9. The molecule has 8 nitrogen and oxygen atoms in total. The zero-order valence-corrected chi connectivity index (χ0v) is 19.2. The van der Waals surface area contributed by atoms with Crippen LogP contribution < -0.4 is 19.5 Å². The number of ether oxygens (including phenoxy) is 2. The minimum absolute atomic E-state index is 0.0282. The molecule has 0 aliphatic rings. The first kappa shape index (κ1) is 24.1. The number of benzene rings is 2. The molecule has 2 aromatic carbocycles. The topological polar surface area (TPSA) is 107 Å². The predicted molar refractivity (Wildman–Crippen MR) is 126 cm³/mol. The van der Waals surface area contributed by atoms with Crippen LogP contribution in [0.5, 0.6) is 11.5 Å². The Hall–Kier alpha value is -3.56. The summed E-state index contributed by atoms with van der Waals surface area (Å²) in [6.07, 6.45) is 5.34. The Kier molecular flexibility index (Phi) is 8.28. The molecule has 1 amide bonds. The third kappa shape index (κ3) is 6.96. The lowest BCUT2D eigenvalue weighted by atomic mass is 10.2. The lowest BCUT2D eigenvalue weighted by Gasteiger charge is -2.10. The van der Waals surface area contributed by atoms with Gasteiger partial charge in [0.25, 0.3) is 0 Å².